The molecule has 6 aromatic carbocycles. The SMILES string of the molecule is C1=CC2c3c(-c4ccccc4)ccc(-c4ccccc4)c3C3=CC=C(c4ccc(-c5nc6ccccc6n5-c5ccccc5)cc4)C(=C1)C32. The van der Waals surface area contributed by atoms with Crippen LogP contribution >= 0.6 is 0 Å². The molecule has 2 nitrogen and oxygen atoms in total. The van der Waals surface area contributed by atoms with Crippen molar-refractivity contribution in [3.63, 3.8) is 0 Å². The molecular formula is C47H32N2. The maximum atomic E-state index is 5.10. The number of hydrogen-bond acceptors (Lipinski definition) is 1. The fraction of sp³-hybridized carbons (Fsp3) is 0.0426. The third-order valence-corrected chi connectivity index (χ3v) is 10.4. The molecule has 0 aliphatic heterocycles. The molecule has 2 unspecified atom stereocenters. The van der Waals surface area contributed by atoms with Crippen LogP contribution in [-0.4, -0.2) is 9.55 Å². The van der Waals surface area contributed by atoms with Gasteiger partial charge in [-0.05, 0) is 79.9 Å². The van der Waals surface area contributed by atoms with Crippen LogP contribution in [0.2, 0.25) is 0 Å². The largest absolute Gasteiger partial charge is 0.292 e. The average Bonchev–Trinajstić information content (AvgIpc) is 3.74. The van der Waals surface area contributed by atoms with E-state index in [1.165, 1.54) is 55.7 Å². The van der Waals surface area contributed by atoms with E-state index >= 15 is 0 Å². The van der Waals surface area contributed by atoms with Gasteiger partial charge in [-0.15, -0.1) is 0 Å². The average molecular weight is 625 g/mol. The normalized spacial score (nSPS) is 17.3. The Morgan fingerprint density at radius 3 is 1.88 bits per heavy atom. The third kappa shape index (κ3) is 4.38. The molecule has 0 radical (unpaired) electrons. The Bertz CT molecular complexity index is 2510. The van der Waals surface area contributed by atoms with E-state index in [1.807, 2.05) is 0 Å². The summed E-state index contributed by atoms with van der Waals surface area (Å²) in [7, 11) is 0. The minimum absolute atomic E-state index is 0.272. The van der Waals surface area contributed by atoms with Crippen molar-refractivity contribution < 1.29 is 0 Å². The van der Waals surface area contributed by atoms with Crippen LogP contribution in [0, 0.1) is 5.92 Å². The second kappa shape index (κ2) is 11.2. The Morgan fingerprint density at radius 2 is 1.12 bits per heavy atom. The van der Waals surface area contributed by atoms with Crippen LogP contribution in [0.1, 0.15) is 22.6 Å². The standard InChI is InChI=1S/C47H32N2/c1-4-13-31(14-5-1)37-28-29-38(32-15-6-2-7-16-32)46-41-30-27-36(39-19-12-20-40(44(39)41)45(37)46)33-23-25-34(26-24-33)47-48-42-21-10-11-22-43(42)49(47)35-17-8-3-9-18-35/h1-30,40,44H. The zero-order valence-electron chi connectivity index (χ0n) is 26.9. The number of allylic oxidation sites excluding steroid dienone is 8. The number of rotatable bonds is 5. The molecule has 0 N–H and O–H groups in total. The molecule has 0 fully saturated rings. The fourth-order valence-electron chi connectivity index (χ4n) is 8.30. The summed E-state index contributed by atoms with van der Waals surface area (Å²) in [5, 5.41) is 0. The molecule has 10 rings (SSSR count). The lowest BCUT2D eigenvalue weighted by molar-refractivity contribution is 0.727. The summed E-state index contributed by atoms with van der Waals surface area (Å²) in [6.45, 7) is 0. The van der Waals surface area contributed by atoms with Gasteiger partial charge in [-0.25, -0.2) is 4.98 Å². The number of nitrogens with zero attached hydrogens (tertiary/aromatic N) is 2. The molecule has 230 valence electrons. The van der Waals surface area contributed by atoms with Crippen LogP contribution in [-0.2, 0) is 0 Å². The first-order valence-electron chi connectivity index (χ1n) is 17.1. The molecule has 7 aromatic rings. The number of aromatic nitrogens is 2. The van der Waals surface area contributed by atoms with E-state index < -0.39 is 0 Å². The van der Waals surface area contributed by atoms with Gasteiger partial charge >= 0.3 is 0 Å². The van der Waals surface area contributed by atoms with Crippen molar-refractivity contribution in [1.29, 1.82) is 0 Å². The molecular weight excluding hydrogens is 593 g/mol. The first kappa shape index (κ1) is 27.8. The predicted molar refractivity (Wildman–Crippen MR) is 203 cm³/mol. The smallest absolute Gasteiger partial charge is 0.145 e. The van der Waals surface area contributed by atoms with Crippen molar-refractivity contribution in [3.8, 4) is 39.3 Å². The van der Waals surface area contributed by atoms with Crippen molar-refractivity contribution in [2.75, 3.05) is 0 Å². The maximum absolute atomic E-state index is 5.10. The number of benzene rings is 6. The first-order valence-corrected chi connectivity index (χ1v) is 17.1. The van der Waals surface area contributed by atoms with E-state index in [9.17, 15) is 0 Å². The van der Waals surface area contributed by atoms with E-state index in [0.717, 1.165) is 28.1 Å². The molecule has 2 heteroatoms. The number of para-hydroxylation sites is 3. The zero-order chi connectivity index (χ0) is 32.3. The summed E-state index contributed by atoms with van der Waals surface area (Å²) in [6, 6.07) is 54.4. The Kier molecular flexibility index (Phi) is 6.35. The molecule has 3 aliphatic carbocycles. The van der Waals surface area contributed by atoms with Gasteiger partial charge in [-0.1, -0.05) is 158 Å². The van der Waals surface area contributed by atoms with Gasteiger partial charge in [0.05, 0.1) is 11.0 Å². The van der Waals surface area contributed by atoms with Crippen LogP contribution in [0.25, 0.3) is 61.5 Å². The highest BCUT2D eigenvalue weighted by molar-refractivity contribution is 6.00. The molecule has 0 bridgehead atoms. The van der Waals surface area contributed by atoms with Gasteiger partial charge in [0.1, 0.15) is 5.82 Å². The lowest BCUT2D eigenvalue weighted by atomic mass is 9.73. The second-order valence-corrected chi connectivity index (χ2v) is 13.1. The molecule has 0 amide bonds. The predicted octanol–water partition coefficient (Wildman–Crippen LogP) is 11.7. The van der Waals surface area contributed by atoms with Crippen LogP contribution in [0.5, 0.6) is 0 Å². The Morgan fingerprint density at radius 1 is 0.490 bits per heavy atom. The van der Waals surface area contributed by atoms with E-state index in [-0.39, 0.29) is 11.8 Å². The van der Waals surface area contributed by atoms with Gasteiger partial charge in [-0.2, -0.15) is 0 Å². The maximum Gasteiger partial charge on any atom is 0.145 e. The monoisotopic (exact) mass is 624 g/mol. The lowest BCUT2D eigenvalue weighted by Gasteiger charge is -2.30. The van der Waals surface area contributed by atoms with Crippen LogP contribution in [0.15, 0.2) is 188 Å². The van der Waals surface area contributed by atoms with Gasteiger partial charge in [0.2, 0.25) is 0 Å². The Balaban J connectivity index is 1.10. The second-order valence-electron chi connectivity index (χ2n) is 13.1. The molecule has 0 spiro atoms. The summed E-state index contributed by atoms with van der Waals surface area (Å²) >= 11 is 0. The topological polar surface area (TPSA) is 17.8 Å². The molecule has 1 heterocycles. The minimum Gasteiger partial charge on any atom is -0.292 e. The van der Waals surface area contributed by atoms with Crippen molar-refractivity contribution >= 4 is 22.2 Å². The van der Waals surface area contributed by atoms with E-state index in [2.05, 4.69) is 187 Å². The van der Waals surface area contributed by atoms with Gasteiger partial charge in [-0.3, -0.25) is 4.57 Å². The number of imidazole rings is 1. The highest BCUT2D eigenvalue weighted by Gasteiger charge is 2.43. The first-order chi connectivity index (χ1) is 24.3. The number of fused-ring (bicyclic) bond motifs is 4. The van der Waals surface area contributed by atoms with Crippen molar-refractivity contribution in [2.45, 2.75) is 5.92 Å². The highest BCUT2D eigenvalue weighted by Crippen LogP contribution is 2.60. The van der Waals surface area contributed by atoms with Gasteiger partial charge < -0.3 is 0 Å². The summed E-state index contributed by atoms with van der Waals surface area (Å²) in [4.78, 5) is 5.10. The van der Waals surface area contributed by atoms with Gasteiger partial charge in [0.25, 0.3) is 0 Å². The van der Waals surface area contributed by atoms with E-state index in [4.69, 9.17) is 4.98 Å². The molecule has 1 aromatic heterocycles. The van der Waals surface area contributed by atoms with Gasteiger partial charge in [0, 0.05) is 23.1 Å². The van der Waals surface area contributed by atoms with Crippen LogP contribution in [0.3, 0.4) is 0 Å². The molecule has 2 atom stereocenters. The van der Waals surface area contributed by atoms with Crippen molar-refractivity contribution in [2.24, 2.45) is 5.92 Å². The molecule has 49 heavy (non-hydrogen) atoms. The van der Waals surface area contributed by atoms with Crippen LogP contribution < -0.4 is 0 Å². The summed E-state index contributed by atoms with van der Waals surface area (Å²) in [5.41, 5.74) is 17.6. The summed E-state index contributed by atoms with van der Waals surface area (Å²) < 4.78 is 2.27. The van der Waals surface area contributed by atoms with Crippen molar-refractivity contribution in [1.82, 2.24) is 9.55 Å². The quantitative estimate of drug-likeness (QED) is 0.186. The zero-order valence-corrected chi connectivity index (χ0v) is 26.9. The van der Waals surface area contributed by atoms with Crippen LogP contribution in [0.4, 0.5) is 0 Å². The molecule has 3 aliphatic rings. The Hall–Kier alpha value is -6.25. The highest BCUT2D eigenvalue weighted by atomic mass is 15.1. The van der Waals surface area contributed by atoms with Gasteiger partial charge in [0.15, 0.2) is 0 Å². The van der Waals surface area contributed by atoms with Crippen molar-refractivity contribution in [3.05, 3.63) is 204 Å². The third-order valence-electron chi connectivity index (χ3n) is 10.4. The van der Waals surface area contributed by atoms with E-state index in [0.29, 0.717) is 0 Å². The minimum atomic E-state index is 0.272. The fourth-order valence-corrected chi connectivity index (χ4v) is 8.30. The Labute approximate surface area is 286 Å². The summed E-state index contributed by atoms with van der Waals surface area (Å²) in [5.74, 6) is 1.50. The van der Waals surface area contributed by atoms with E-state index in [1.54, 1.807) is 0 Å². The summed E-state index contributed by atoms with van der Waals surface area (Å²) in [6.07, 6.45) is 11.8. The molecule has 0 saturated heterocycles. The lowest BCUT2D eigenvalue weighted by Crippen LogP contribution is -2.15. The molecule has 0 saturated carbocycles. The number of hydrogen-bond donors (Lipinski definition) is 0.